The van der Waals surface area contributed by atoms with E-state index >= 15 is 0 Å². The first-order valence-electron chi connectivity index (χ1n) is 5.32. The molecule has 1 aromatic heterocycles. The molecule has 1 radical (unpaired) electrons. The van der Waals surface area contributed by atoms with Gasteiger partial charge < -0.3 is 0 Å². The molecule has 4 nitrogen and oxygen atoms in total. The van der Waals surface area contributed by atoms with Crippen molar-refractivity contribution >= 4 is 29.6 Å². The summed E-state index contributed by atoms with van der Waals surface area (Å²) in [7, 11) is 0. The van der Waals surface area contributed by atoms with Gasteiger partial charge in [-0.2, -0.15) is 0 Å². The van der Waals surface area contributed by atoms with Crippen molar-refractivity contribution in [3.05, 3.63) is 17.5 Å². The zero-order valence-electron chi connectivity index (χ0n) is 10.1. The van der Waals surface area contributed by atoms with Crippen LogP contribution in [0.3, 0.4) is 0 Å². The van der Waals surface area contributed by atoms with Crippen molar-refractivity contribution in [2.75, 3.05) is 0 Å². The summed E-state index contributed by atoms with van der Waals surface area (Å²) in [5.41, 5.74) is 1.00. The third kappa shape index (κ3) is 3.73. The van der Waals surface area contributed by atoms with E-state index in [2.05, 4.69) is 33.7 Å². The SMILES string of the molecule is CC(C)Cc1cc(C(=O)O)n[c]([Sn]([CH3])[CH3])n1. The molecule has 0 amide bonds. The summed E-state index contributed by atoms with van der Waals surface area (Å²) in [6.07, 6.45) is 0.812. The Morgan fingerprint density at radius 3 is 2.50 bits per heavy atom. The van der Waals surface area contributed by atoms with Crippen molar-refractivity contribution < 1.29 is 9.90 Å². The molecule has 0 unspecified atom stereocenters. The number of aromatic carboxylic acids is 1. The topological polar surface area (TPSA) is 63.1 Å². The van der Waals surface area contributed by atoms with Gasteiger partial charge in [-0.05, 0) is 0 Å². The Morgan fingerprint density at radius 1 is 1.44 bits per heavy atom. The molecule has 0 atom stereocenters. The first kappa shape index (κ1) is 13.4. The van der Waals surface area contributed by atoms with Gasteiger partial charge in [0.1, 0.15) is 0 Å². The predicted octanol–water partition coefficient (Wildman–Crippen LogP) is 1.33. The molecule has 0 fully saturated rings. The molecule has 87 valence electrons. The second-order valence-corrected chi connectivity index (χ2v) is 11.5. The third-order valence-corrected chi connectivity index (χ3v) is 5.25. The number of carboxylic acids is 1. The second kappa shape index (κ2) is 5.61. The van der Waals surface area contributed by atoms with Crippen LogP contribution >= 0.6 is 0 Å². The van der Waals surface area contributed by atoms with Gasteiger partial charge in [0.05, 0.1) is 0 Å². The summed E-state index contributed by atoms with van der Waals surface area (Å²) in [6.45, 7) is 4.19. The van der Waals surface area contributed by atoms with E-state index in [1.54, 1.807) is 6.07 Å². The number of nitrogens with zero attached hydrogens (tertiary/aromatic N) is 2. The zero-order valence-corrected chi connectivity index (χ0v) is 13.0. The van der Waals surface area contributed by atoms with Crippen LogP contribution in [0.4, 0.5) is 0 Å². The molecule has 0 aliphatic rings. The van der Waals surface area contributed by atoms with Gasteiger partial charge in [0.25, 0.3) is 0 Å². The van der Waals surface area contributed by atoms with Gasteiger partial charge in [0.15, 0.2) is 0 Å². The monoisotopic (exact) mass is 329 g/mol. The fourth-order valence-electron chi connectivity index (χ4n) is 1.35. The van der Waals surface area contributed by atoms with E-state index in [0.717, 1.165) is 16.0 Å². The molecular formula is C11H17N2O2Sn. The Morgan fingerprint density at radius 2 is 2.06 bits per heavy atom. The van der Waals surface area contributed by atoms with Crippen LogP contribution in [-0.4, -0.2) is 40.8 Å². The second-order valence-electron chi connectivity index (χ2n) is 4.47. The number of hydrogen-bond donors (Lipinski definition) is 1. The van der Waals surface area contributed by atoms with Crippen LogP contribution in [0.2, 0.25) is 9.88 Å². The Labute approximate surface area is 103 Å². The van der Waals surface area contributed by atoms with E-state index in [-0.39, 0.29) is 5.69 Å². The minimum atomic E-state index is -1.70. The quantitative estimate of drug-likeness (QED) is 0.848. The Balaban J connectivity index is 3.13. The number of carboxylic acid groups (broad SMARTS) is 1. The van der Waals surface area contributed by atoms with Crippen molar-refractivity contribution in [3.8, 4) is 0 Å². The summed E-state index contributed by atoms with van der Waals surface area (Å²) in [6, 6.07) is 1.60. The molecular weight excluding hydrogens is 311 g/mol. The van der Waals surface area contributed by atoms with Gasteiger partial charge in [-0.3, -0.25) is 0 Å². The minimum absolute atomic E-state index is 0.141. The van der Waals surface area contributed by atoms with E-state index in [4.69, 9.17) is 5.11 Å². The van der Waals surface area contributed by atoms with Crippen molar-refractivity contribution in [3.63, 3.8) is 0 Å². The van der Waals surface area contributed by atoms with Crippen molar-refractivity contribution in [1.82, 2.24) is 9.97 Å². The van der Waals surface area contributed by atoms with Crippen LogP contribution < -0.4 is 3.84 Å². The molecule has 1 aromatic rings. The maximum atomic E-state index is 10.9. The van der Waals surface area contributed by atoms with Gasteiger partial charge in [-0.1, -0.05) is 0 Å². The molecule has 16 heavy (non-hydrogen) atoms. The first-order chi connectivity index (χ1) is 7.40. The Kier molecular flexibility index (Phi) is 4.70. The summed E-state index contributed by atoms with van der Waals surface area (Å²) in [5, 5.41) is 8.98. The van der Waals surface area contributed by atoms with E-state index in [9.17, 15) is 4.79 Å². The molecule has 0 aliphatic carbocycles. The van der Waals surface area contributed by atoms with Crippen LogP contribution in [0.1, 0.15) is 30.0 Å². The van der Waals surface area contributed by atoms with Gasteiger partial charge in [-0.15, -0.1) is 0 Å². The average molecular weight is 328 g/mol. The summed E-state index contributed by atoms with van der Waals surface area (Å²) in [5.74, 6) is -0.483. The van der Waals surface area contributed by atoms with E-state index < -0.39 is 25.7 Å². The average Bonchev–Trinajstić information content (AvgIpc) is 2.15. The van der Waals surface area contributed by atoms with Gasteiger partial charge in [0.2, 0.25) is 0 Å². The number of aromatic nitrogens is 2. The van der Waals surface area contributed by atoms with Crippen molar-refractivity contribution in [2.24, 2.45) is 5.92 Å². The number of carbonyl (C=O) groups is 1. The zero-order chi connectivity index (χ0) is 12.3. The Bertz CT molecular complexity index is 392. The standard InChI is InChI=1S/C9H11N2O2.2CH3.Sn/c1-6(2)3-7-4-8(9(12)13)11-5-10-7;;;/h4,6H,3H2,1-2H3,(H,12,13);2*1H3;. The Hall–Kier alpha value is -0.651. The third-order valence-electron chi connectivity index (χ3n) is 2.06. The van der Waals surface area contributed by atoms with Gasteiger partial charge in [-0.25, -0.2) is 0 Å². The predicted molar refractivity (Wildman–Crippen MR) is 64.6 cm³/mol. The molecule has 0 saturated heterocycles. The summed E-state index contributed by atoms with van der Waals surface area (Å²) >= 11 is -1.70. The molecule has 0 bridgehead atoms. The molecule has 1 heterocycles. The summed E-state index contributed by atoms with van der Waals surface area (Å²) < 4.78 is 0.804. The van der Waals surface area contributed by atoms with Crippen LogP contribution in [0, 0.1) is 5.92 Å². The fraction of sp³-hybridized carbons (Fsp3) is 0.545. The molecule has 5 heteroatoms. The van der Waals surface area contributed by atoms with Gasteiger partial charge >= 0.3 is 103 Å². The molecule has 1 rings (SSSR count). The number of rotatable bonds is 4. The molecule has 0 aliphatic heterocycles. The van der Waals surface area contributed by atoms with E-state index in [1.165, 1.54) is 0 Å². The molecule has 0 aromatic carbocycles. The first-order valence-corrected chi connectivity index (χ1v) is 12.5. The van der Waals surface area contributed by atoms with Crippen LogP contribution in [-0.2, 0) is 6.42 Å². The fourth-order valence-corrected chi connectivity index (χ4v) is 3.38. The maximum absolute atomic E-state index is 10.9. The number of hydrogen-bond acceptors (Lipinski definition) is 3. The van der Waals surface area contributed by atoms with Crippen molar-refractivity contribution in [1.29, 1.82) is 0 Å². The van der Waals surface area contributed by atoms with Crippen LogP contribution in [0.5, 0.6) is 0 Å². The normalized spacial score (nSPS) is 11.1. The van der Waals surface area contributed by atoms with Crippen molar-refractivity contribution in [2.45, 2.75) is 30.1 Å². The molecule has 0 saturated carbocycles. The molecule has 0 spiro atoms. The van der Waals surface area contributed by atoms with E-state index in [1.807, 2.05) is 0 Å². The van der Waals surface area contributed by atoms with E-state index in [0.29, 0.717) is 5.92 Å². The van der Waals surface area contributed by atoms with Gasteiger partial charge in [0, 0.05) is 0 Å². The van der Waals surface area contributed by atoms with Crippen LogP contribution in [0.15, 0.2) is 6.07 Å². The van der Waals surface area contributed by atoms with Crippen LogP contribution in [0.25, 0.3) is 0 Å². The molecule has 1 N–H and O–H groups in total. The summed E-state index contributed by atoms with van der Waals surface area (Å²) in [4.78, 5) is 23.8.